The van der Waals surface area contributed by atoms with Gasteiger partial charge in [0.2, 0.25) is 0 Å². The van der Waals surface area contributed by atoms with E-state index < -0.39 is 0 Å². The largest absolute Gasteiger partial charge is 0.261 e. The van der Waals surface area contributed by atoms with Crippen molar-refractivity contribution in [1.82, 2.24) is 9.97 Å². The van der Waals surface area contributed by atoms with Gasteiger partial charge >= 0.3 is 0 Å². The monoisotopic (exact) mass is 352 g/mol. The molecule has 0 aromatic carbocycles. The Morgan fingerprint density at radius 3 is 2.15 bits per heavy atom. The number of hydrogen-bond donors (Lipinski definition) is 0. The molecule has 2 heterocycles. The van der Waals surface area contributed by atoms with E-state index in [-0.39, 0.29) is 0 Å². The van der Waals surface area contributed by atoms with E-state index in [1.807, 2.05) is 6.20 Å². The molecule has 0 bridgehead atoms. The minimum Gasteiger partial charge on any atom is -0.261 e. The summed E-state index contributed by atoms with van der Waals surface area (Å²) in [6, 6.07) is 4.50. The second-order valence-corrected chi connectivity index (χ2v) is 8.18. The molecule has 142 valence electrons. The van der Waals surface area contributed by atoms with Crippen LogP contribution in [0.4, 0.5) is 0 Å². The molecule has 2 heteroatoms. The summed E-state index contributed by atoms with van der Waals surface area (Å²) in [6.45, 7) is 18.1. The van der Waals surface area contributed by atoms with Crippen molar-refractivity contribution in [2.45, 2.75) is 92.4 Å². The summed E-state index contributed by atoms with van der Waals surface area (Å²) in [4.78, 5) is 9.76. The SMILES string of the molecule is CCc1ccnc(CC)c1C(C)Cc1cc(C)c(C(C)C)c(C(C)C)n1. The molecular weight excluding hydrogens is 316 g/mol. The van der Waals surface area contributed by atoms with E-state index in [4.69, 9.17) is 4.98 Å². The summed E-state index contributed by atoms with van der Waals surface area (Å²) >= 11 is 0. The third-order valence-corrected chi connectivity index (χ3v) is 5.36. The quantitative estimate of drug-likeness (QED) is 0.568. The molecule has 2 aromatic heterocycles. The van der Waals surface area contributed by atoms with E-state index >= 15 is 0 Å². The molecule has 0 aliphatic rings. The van der Waals surface area contributed by atoms with Crippen LogP contribution in [0.2, 0.25) is 0 Å². The van der Waals surface area contributed by atoms with Gasteiger partial charge in [-0.3, -0.25) is 9.97 Å². The van der Waals surface area contributed by atoms with E-state index in [1.165, 1.54) is 39.3 Å². The molecule has 0 radical (unpaired) electrons. The molecule has 0 saturated carbocycles. The Labute approximate surface area is 160 Å². The summed E-state index contributed by atoms with van der Waals surface area (Å²) < 4.78 is 0. The average molecular weight is 353 g/mol. The average Bonchev–Trinajstić information content (AvgIpc) is 2.59. The van der Waals surface area contributed by atoms with E-state index in [2.05, 4.69) is 72.5 Å². The number of pyridine rings is 2. The fraction of sp³-hybridized carbons (Fsp3) is 0.583. The zero-order chi connectivity index (χ0) is 19.4. The highest BCUT2D eigenvalue weighted by Crippen LogP contribution is 2.31. The molecule has 0 aliphatic carbocycles. The highest BCUT2D eigenvalue weighted by Gasteiger charge is 2.19. The first kappa shape index (κ1) is 20.6. The van der Waals surface area contributed by atoms with Gasteiger partial charge in [0.05, 0.1) is 0 Å². The van der Waals surface area contributed by atoms with Crippen LogP contribution >= 0.6 is 0 Å². The standard InChI is InChI=1S/C24H36N2/c1-9-19-11-12-25-21(10-2)23(19)18(8)14-20-13-17(7)22(15(3)4)24(26-20)16(5)6/h11-13,15-16,18H,9-10,14H2,1-8H3. The molecule has 2 aromatic rings. The van der Waals surface area contributed by atoms with Gasteiger partial charge in [0.15, 0.2) is 0 Å². The number of rotatable bonds is 7. The normalized spacial score (nSPS) is 12.8. The van der Waals surface area contributed by atoms with Crippen molar-refractivity contribution in [3.63, 3.8) is 0 Å². The van der Waals surface area contributed by atoms with Crippen LogP contribution in [0.5, 0.6) is 0 Å². The van der Waals surface area contributed by atoms with Crippen molar-refractivity contribution < 1.29 is 0 Å². The maximum atomic E-state index is 5.11. The highest BCUT2D eigenvalue weighted by atomic mass is 14.7. The first-order chi connectivity index (χ1) is 12.3. The summed E-state index contributed by atoms with van der Waals surface area (Å²) in [6.07, 6.45) is 4.99. The van der Waals surface area contributed by atoms with Gasteiger partial charge in [-0.15, -0.1) is 0 Å². The molecule has 0 aliphatic heterocycles. The number of aromatic nitrogens is 2. The van der Waals surface area contributed by atoms with Gasteiger partial charge in [0, 0.05) is 23.3 Å². The zero-order valence-corrected chi connectivity index (χ0v) is 18.0. The second kappa shape index (κ2) is 8.79. The molecule has 1 unspecified atom stereocenters. The Kier molecular flexibility index (Phi) is 6.97. The highest BCUT2D eigenvalue weighted by molar-refractivity contribution is 5.38. The van der Waals surface area contributed by atoms with Gasteiger partial charge in [0.25, 0.3) is 0 Å². The minimum atomic E-state index is 0.436. The van der Waals surface area contributed by atoms with Crippen LogP contribution in [-0.2, 0) is 19.3 Å². The van der Waals surface area contributed by atoms with Crippen LogP contribution in [0, 0.1) is 6.92 Å². The van der Waals surface area contributed by atoms with Crippen molar-refractivity contribution in [3.8, 4) is 0 Å². The van der Waals surface area contributed by atoms with Crippen molar-refractivity contribution in [2.75, 3.05) is 0 Å². The lowest BCUT2D eigenvalue weighted by molar-refractivity contribution is 0.688. The van der Waals surface area contributed by atoms with Gasteiger partial charge < -0.3 is 0 Å². The Morgan fingerprint density at radius 2 is 1.62 bits per heavy atom. The van der Waals surface area contributed by atoms with Crippen LogP contribution in [0.3, 0.4) is 0 Å². The first-order valence-corrected chi connectivity index (χ1v) is 10.3. The third-order valence-electron chi connectivity index (χ3n) is 5.36. The molecule has 2 rings (SSSR count). The van der Waals surface area contributed by atoms with Crippen molar-refractivity contribution >= 4 is 0 Å². The number of nitrogens with zero attached hydrogens (tertiary/aromatic N) is 2. The van der Waals surface area contributed by atoms with E-state index in [1.54, 1.807) is 0 Å². The van der Waals surface area contributed by atoms with Crippen LogP contribution in [-0.4, -0.2) is 9.97 Å². The lowest BCUT2D eigenvalue weighted by Gasteiger charge is -2.22. The lowest BCUT2D eigenvalue weighted by atomic mass is 9.87. The van der Waals surface area contributed by atoms with Crippen molar-refractivity contribution in [2.24, 2.45) is 0 Å². The van der Waals surface area contributed by atoms with Gasteiger partial charge in [-0.2, -0.15) is 0 Å². The Morgan fingerprint density at radius 1 is 0.923 bits per heavy atom. The fourth-order valence-corrected chi connectivity index (χ4v) is 4.24. The predicted octanol–water partition coefficient (Wildman–Crippen LogP) is 6.50. The van der Waals surface area contributed by atoms with E-state index in [9.17, 15) is 0 Å². The molecule has 0 saturated heterocycles. The summed E-state index contributed by atoms with van der Waals surface area (Å²) in [5.74, 6) is 1.41. The van der Waals surface area contributed by atoms with Crippen molar-refractivity contribution in [1.29, 1.82) is 0 Å². The zero-order valence-electron chi connectivity index (χ0n) is 18.0. The second-order valence-electron chi connectivity index (χ2n) is 8.18. The smallest absolute Gasteiger partial charge is 0.0469 e. The summed E-state index contributed by atoms with van der Waals surface area (Å²) in [5.41, 5.74) is 9.44. The van der Waals surface area contributed by atoms with E-state index in [0.717, 1.165) is 19.3 Å². The summed E-state index contributed by atoms with van der Waals surface area (Å²) in [7, 11) is 0. The van der Waals surface area contributed by atoms with Gasteiger partial charge in [-0.05, 0) is 78.3 Å². The molecule has 0 N–H and O–H groups in total. The number of aryl methyl sites for hydroxylation is 3. The van der Waals surface area contributed by atoms with Crippen molar-refractivity contribution in [3.05, 3.63) is 57.7 Å². The molecule has 2 nitrogen and oxygen atoms in total. The number of hydrogen-bond acceptors (Lipinski definition) is 2. The first-order valence-electron chi connectivity index (χ1n) is 10.3. The third kappa shape index (κ3) is 4.34. The van der Waals surface area contributed by atoms with Crippen LogP contribution < -0.4 is 0 Å². The van der Waals surface area contributed by atoms with Gasteiger partial charge in [-0.1, -0.05) is 48.5 Å². The molecule has 26 heavy (non-hydrogen) atoms. The molecule has 0 fully saturated rings. The fourth-order valence-electron chi connectivity index (χ4n) is 4.24. The Balaban J connectivity index is 2.43. The maximum absolute atomic E-state index is 5.11. The summed E-state index contributed by atoms with van der Waals surface area (Å²) in [5, 5.41) is 0. The molecule has 1 atom stereocenters. The van der Waals surface area contributed by atoms with Crippen LogP contribution in [0.15, 0.2) is 18.3 Å². The molecule has 0 spiro atoms. The Hall–Kier alpha value is -1.70. The molecule has 0 amide bonds. The maximum Gasteiger partial charge on any atom is 0.0469 e. The van der Waals surface area contributed by atoms with E-state index in [0.29, 0.717) is 17.8 Å². The minimum absolute atomic E-state index is 0.436. The van der Waals surface area contributed by atoms with Crippen LogP contribution in [0.25, 0.3) is 0 Å². The predicted molar refractivity (Wildman–Crippen MR) is 112 cm³/mol. The Bertz CT molecular complexity index is 722. The van der Waals surface area contributed by atoms with Gasteiger partial charge in [0.1, 0.15) is 0 Å². The van der Waals surface area contributed by atoms with Gasteiger partial charge in [-0.25, -0.2) is 0 Å². The lowest BCUT2D eigenvalue weighted by Crippen LogP contribution is -2.12. The van der Waals surface area contributed by atoms with Crippen LogP contribution in [0.1, 0.15) is 106 Å². The topological polar surface area (TPSA) is 25.8 Å². The molecular formula is C24H36N2.